The summed E-state index contributed by atoms with van der Waals surface area (Å²) in [5.74, 6) is 0.797. The highest BCUT2D eigenvalue weighted by Crippen LogP contribution is 2.22. The molecule has 1 atom stereocenters. The summed E-state index contributed by atoms with van der Waals surface area (Å²) in [5.41, 5.74) is 8.00. The summed E-state index contributed by atoms with van der Waals surface area (Å²) in [5, 5.41) is 3.60. The third-order valence-electron chi connectivity index (χ3n) is 2.73. The summed E-state index contributed by atoms with van der Waals surface area (Å²) < 4.78 is 0. The first-order valence-corrected chi connectivity index (χ1v) is 6.06. The van der Waals surface area contributed by atoms with Gasteiger partial charge in [0.25, 0.3) is 0 Å². The Hall–Kier alpha value is -1.81. The molecule has 0 aliphatic carbocycles. The van der Waals surface area contributed by atoms with Crippen LogP contribution in [0.4, 0.5) is 11.8 Å². The molecule has 5 heteroatoms. The van der Waals surface area contributed by atoms with Crippen LogP contribution in [0, 0.1) is 6.92 Å². The maximum atomic E-state index is 5.84. The lowest BCUT2D eigenvalue weighted by molar-refractivity contribution is 0.863. The molecule has 1 aromatic heterocycles. The van der Waals surface area contributed by atoms with Gasteiger partial charge in [-0.1, -0.05) is 35.9 Å². The third-order valence-corrected chi connectivity index (χ3v) is 2.93. The van der Waals surface area contributed by atoms with Crippen molar-refractivity contribution in [1.82, 2.24) is 9.97 Å². The van der Waals surface area contributed by atoms with Crippen molar-refractivity contribution in [3.63, 3.8) is 0 Å². The second kappa shape index (κ2) is 5.23. The van der Waals surface area contributed by atoms with Gasteiger partial charge in [0.1, 0.15) is 11.0 Å². The smallest absolute Gasteiger partial charge is 0.223 e. The first-order valence-electron chi connectivity index (χ1n) is 5.68. The molecule has 0 aliphatic heterocycles. The fourth-order valence-electron chi connectivity index (χ4n) is 1.88. The molecule has 0 radical (unpaired) electrons. The molecule has 0 spiro atoms. The molecule has 18 heavy (non-hydrogen) atoms. The maximum Gasteiger partial charge on any atom is 0.223 e. The van der Waals surface area contributed by atoms with Gasteiger partial charge < -0.3 is 11.1 Å². The van der Waals surface area contributed by atoms with Gasteiger partial charge in [0.05, 0.1) is 6.04 Å². The van der Waals surface area contributed by atoms with Crippen LogP contribution in [0.2, 0.25) is 5.15 Å². The van der Waals surface area contributed by atoms with Crippen molar-refractivity contribution in [1.29, 1.82) is 0 Å². The highest BCUT2D eigenvalue weighted by molar-refractivity contribution is 6.29. The number of benzene rings is 1. The number of nitrogens with two attached hydrogens (primary N) is 1. The predicted octanol–water partition coefficient (Wildman–Crippen LogP) is 3.19. The number of hydrogen-bond acceptors (Lipinski definition) is 4. The van der Waals surface area contributed by atoms with Crippen molar-refractivity contribution in [2.24, 2.45) is 0 Å². The Bertz CT molecular complexity index is 536. The fraction of sp³-hybridized carbons (Fsp3) is 0.231. The Morgan fingerprint density at radius 3 is 2.67 bits per heavy atom. The molecule has 0 amide bonds. The van der Waals surface area contributed by atoms with Gasteiger partial charge in [-0.2, -0.15) is 4.98 Å². The van der Waals surface area contributed by atoms with Gasteiger partial charge >= 0.3 is 0 Å². The second-order valence-electron chi connectivity index (χ2n) is 4.16. The van der Waals surface area contributed by atoms with E-state index < -0.39 is 0 Å². The Balaban J connectivity index is 2.21. The second-order valence-corrected chi connectivity index (χ2v) is 4.54. The van der Waals surface area contributed by atoms with Crippen LogP contribution < -0.4 is 11.1 Å². The average Bonchev–Trinajstić information content (AvgIpc) is 2.27. The van der Waals surface area contributed by atoms with Crippen LogP contribution in [0.3, 0.4) is 0 Å². The monoisotopic (exact) mass is 262 g/mol. The minimum atomic E-state index is 0.122. The number of hydrogen-bond donors (Lipinski definition) is 2. The molecule has 1 heterocycles. The van der Waals surface area contributed by atoms with E-state index >= 15 is 0 Å². The van der Waals surface area contributed by atoms with E-state index in [2.05, 4.69) is 41.3 Å². The van der Waals surface area contributed by atoms with E-state index in [1.54, 1.807) is 6.07 Å². The van der Waals surface area contributed by atoms with Gasteiger partial charge in [0, 0.05) is 6.07 Å². The normalized spacial score (nSPS) is 12.2. The molecule has 2 aromatic rings. The summed E-state index contributed by atoms with van der Waals surface area (Å²) in [6.07, 6.45) is 0. The van der Waals surface area contributed by atoms with E-state index in [9.17, 15) is 0 Å². The molecule has 0 bridgehead atoms. The predicted molar refractivity (Wildman–Crippen MR) is 74.7 cm³/mol. The number of nitrogens with one attached hydrogen (secondary N) is 1. The molecule has 0 saturated carbocycles. The van der Waals surface area contributed by atoms with E-state index in [1.165, 1.54) is 11.1 Å². The first kappa shape index (κ1) is 12.6. The van der Waals surface area contributed by atoms with Crippen molar-refractivity contribution in [3.05, 3.63) is 46.6 Å². The average molecular weight is 263 g/mol. The summed E-state index contributed by atoms with van der Waals surface area (Å²) in [6.45, 7) is 4.14. The van der Waals surface area contributed by atoms with Crippen LogP contribution in [0.5, 0.6) is 0 Å². The van der Waals surface area contributed by atoms with Gasteiger partial charge in [-0.15, -0.1) is 0 Å². The number of halogens is 1. The SMILES string of the molecule is Cc1ccccc1C(C)Nc1cc(Cl)nc(N)n1. The van der Waals surface area contributed by atoms with Crippen molar-refractivity contribution in [3.8, 4) is 0 Å². The molecular weight excluding hydrogens is 248 g/mol. The number of aromatic nitrogens is 2. The zero-order valence-electron chi connectivity index (χ0n) is 10.3. The topological polar surface area (TPSA) is 63.8 Å². The highest BCUT2D eigenvalue weighted by Gasteiger charge is 2.09. The zero-order valence-corrected chi connectivity index (χ0v) is 11.1. The van der Waals surface area contributed by atoms with E-state index in [1.807, 2.05) is 12.1 Å². The van der Waals surface area contributed by atoms with Gasteiger partial charge in [0.2, 0.25) is 5.95 Å². The molecule has 3 N–H and O–H groups in total. The van der Waals surface area contributed by atoms with Crippen molar-refractivity contribution in [2.45, 2.75) is 19.9 Å². The Kier molecular flexibility index (Phi) is 3.67. The minimum Gasteiger partial charge on any atom is -0.368 e. The number of nitrogens with zero attached hydrogens (tertiary/aromatic N) is 2. The van der Waals surface area contributed by atoms with Gasteiger partial charge in [0.15, 0.2) is 0 Å². The van der Waals surface area contributed by atoms with Gasteiger partial charge in [-0.3, -0.25) is 0 Å². The summed E-state index contributed by atoms with van der Waals surface area (Å²) in [4.78, 5) is 7.92. The molecule has 0 aliphatic rings. The van der Waals surface area contributed by atoms with E-state index in [0.29, 0.717) is 11.0 Å². The fourth-order valence-corrected chi connectivity index (χ4v) is 2.07. The standard InChI is InChI=1S/C13H15ClN4/c1-8-5-3-4-6-10(8)9(2)16-12-7-11(14)17-13(15)18-12/h3-7,9H,1-2H3,(H3,15,16,17,18). The van der Waals surface area contributed by atoms with Crippen LogP contribution in [0.1, 0.15) is 24.1 Å². The Labute approximate surface area is 111 Å². The van der Waals surface area contributed by atoms with Gasteiger partial charge in [-0.25, -0.2) is 4.98 Å². The number of aryl methyl sites for hydroxylation is 1. The van der Waals surface area contributed by atoms with E-state index in [-0.39, 0.29) is 12.0 Å². The lowest BCUT2D eigenvalue weighted by Gasteiger charge is -2.17. The lowest BCUT2D eigenvalue weighted by Crippen LogP contribution is -2.10. The molecule has 0 saturated heterocycles. The Morgan fingerprint density at radius 2 is 2.00 bits per heavy atom. The summed E-state index contributed by atoms with van der Waals surface area (Å²) in [7, 11) is 0. The van der Waals surface area contributed by atoms with Crippen LogP contribution in [-0.2, 0) is 0 Å². The van der Waals surface area contributed by atoms with Crippen molar-refractivity contribution < 1.29 is 0 Å². The quantitative estimate of drug-likeness (QED) is 0.834. The lowest BCUT2D eigenvalue weighted by atomic mass is 10.0. The third kappa shape index (κ3) is 2.90. The molecule has 4 nitrogen and oxygen atoms in total. The largest absolute Gasteiger partial charge is 0.368 e. The highest BCUT2D eigenvalue weighted by atomic mass is 35.5. The molecular formula is C13H15ClN4. The summed E-state index contributed by atoms with van der Waals surface area (Å²) >= 11 is 5.84. The van der Waals surface area contributed by atoms with Crippen LogP contribution >= 0.6 is 11.6 Å². The number of rotatable bonds is 3. The first-order chi connectivity index (χ1) is 8.56. The van der Waals surface area contributed by atoms with Crippen LogP contribution in [0.25, 0.3) is 0 Å². The molecule has 0 fully saturated rings. The van der Waals surface area contributed by atoms with Crippen LogP contribution in [0.15, 0.2) is 30.3 Å². The maximum absolute atomic E-state index is 5.84. The van der Waals surface area contributed by atoms with Gasteiger partial charge in [-0.05, 0) is 25.0 Å². The molecule has 1 aromatic carbocycles. The zero-order chi connectivity index (χ0) is 13.1. The minimum absolute atomic E-state index is 0.122. The van der Waals surface area contributed by atoms with E-state index in [0.717, 1.165) is 0 Å². The molecule has 2 rings (SSSR count). The molecule has 1 unspecified atom stereocenters. The number of anilines is 2. The number of nitrogen functional groups attached to an aromatic ring is 1. The Morgan fingerprint density at radius 1 is 1.28 bits per heavy atom. The summed E-state index contributed by atoms with van der Waals surface area (Å²) in [6, 6.07) is 9.98. The molecule has 94 valence electrons. The van der Waals surface area contributed by atoms with Crippen molar-refractivity contribution >= 4 is 23.4 Å². The van der Waals surface area contributed by atoms with E-state index in [4.69, 9.17) is 17.3 Å². The van der Waals surface area contributed by atoms with Crippen molar-refractivity contribution in [2.75, 3.05) is 11.1 Å². The van der Waals surface area contributed by atoms with Crippen LogP contribution in [-0.4, -0.2) is 9.97 Å².